The van der Waals surface area contributed by atoms with E-state index < -0.39 is 25.5 Å². The summed E-state index contributed by atoms with van der Waals surface area (Å²) < 4.78 is 53.7. The number of anilines is 2. The van der Waals surface area contributed by atoms with Gasteiger partial charge in [0, 0.05) is 21.7 Å². The van der Waals surface area contributed by atoms with Crippen LogP contribution in [0.1, 0.15) is 45.7 Å². The highest BCUT2D eigenvalue weighted by atomic mass is 79.9. The summed E-state index contributed by atoms with van der Waals surface area (Å²) in [5.41, 5.74) is 9.14. The molecule has 1 aliphatic heterocycles. The van der Waals surface area contributed by atoms with Crippen LogP contribution in [0.15, 0.2) is 52.9 Å². The van der Waals surface area contributed by atoms with Gasteiger partial charge in [0.25, 0.3) is 0 Å². The molecule has 2 aromatic carbocycles. The molecule has 3 rings (SSSR count). The highest BCUT2D eigenvalue weighted by Gasteiger charge is 2.33. The van der Waals surface area contributed by atoms with Gasteiger partial charge in [-0.15, -0.1) is 23.2 Å². The van der Waals surface area contributed by atoms with E-state index in [9.17, 15) is 26.4 Å². The second kappa shape index (κ2) is 31.8. The Balaban J connectivity index is -0.000000580. The molecule has 1 fully saturated rings. The number of nitrogens with zero attached hydrogens (tertiary/aromatic N) is 3. The number of aldehydes is 1. The number of aliphatic hydroxyl groups is 1. The number of benzene rings is 2. The van der Waals surface area contributed by atoms with Gasteiger partial charge in [-0.1, -0.05) is 74.8 Å². The van der Waals surface area contributed by atoms with E-state index in [1.165, 1.54) is 25.2 Å². The average molecular weight is 858 g/mol. The van der Waals surface area contributed by atoms with Crippen LogP contribution in [-0.4, -0.2) is 99.8 Å². The lowest BCUT2D eigenvalue weighted by atomic mass is 10.1. The van der Waals surface area contributed by atoms with E-state index >= 15 is 0 Å². The van der Waals surface area contributed by atoms with Crippen LogP contribution in [0.2, 0.25) is 0 Å². The molecule has 0 unspecified atom stereocenters. The van der Waals surface area contributed by atoms with E-state index in [0.717, 1.165) is 24.1 Å². The number of hydrogen-bond acceptors (Lipinski definition) is 10. The number of amides is 1. The number of ether oxygens (including phenoxy) is 1. The maximum Gasteiger partial charge on any atom is 0.425 e. The zero-order valence-electron chi connectivity index (χ0n) is 28.4. The van der Waals surface area contributed by atoms with Crippen molar-refractivity contribution in [1.82, 2.24) is 9.21 Å². The summed E-state index contributed by atoms with van der Waals surface area (Å²) >= 11 is 12.5. The Kier molecular flexibility index (Phi) is 33.2. The average Bonchev–Trinajstić information content (AvgIpc) is 3.52. The third-order valence-corrected chi connectivity index (χ3v) is 8.00. The van der Waals surface area contributed by atoms with Crippen molar-refractivity contribution in [3.8, 4) is 0 Å². The van der Waals surface area contributed by atoms with Crippen LogP contribution in [0.3, 0.4) is 0 Å². The highest BCUT2D eigenvalue weighted by Crippen LogP contribution is 2.17. The number of carbonyl (C=O) groups excluding carboxylic acids is 2. The second-order valence-electron chi connectivity index (χ2n) is 8.88. The number of alkyl halides is 3. The molecule has 1 aliphatic rings. The molecule has 282 valence electrons. The van der Waals surface area contributed by atoms with Crippen molar-refractivity contribution in [2.45, 2.75) is 47.5 Å². The molecule has 0 spiro atoms. The normalized spacial score (nSPS) is 11.9. The number of rotatable bonds is 11. The lowest BCUT2D eigenvalue weighted by molar-refractivity contribution is -0.102. The minimum atomic E-state index is -3.88. The van der Waals surface area contributed by atoms with Gasteiger partial charge in [0.05, 0.1) is 30.4 Å². The molecule has 1 saturated heterocycles. The van der Waals surface area contributed by atoms with Crippen LogP contribution in [0.5, 0.6) is 0 Å². The molecule has 1 heterocycles. The van der Waals surface area contributed by atoms with Crippen molar-refractivity contribution in [3.05, 3.63) is 59.7 Å². The van der Waals surface area contributed by atoms with E-state index in [2.05, 4.69) is 79.1 Å². The number of aryl methyl sites for hydroxylation is 2. The molecule has 13 nitrogen and oxygen atoms in total. The number of halogens is 4. The van der Waals surface area contributed by atoms with Gasteiger partial charge in [0.1, 0.15) is 6.61 Å². The SMILES string of the molecule is CCN(CC)CC.CCc1cccc(N)c1.CCc1cccc(NS(=O)(=O)N2CCOC2=O)c1.ClCCl.O=CC=NS(=O)(=O)Cl.OCCBr. The Hall–Kier alpha value is -2.18. The van der Waals surface area contributed by atoms with Crippen molar-refractivity contribution in [2.75, 3.05) is 60.5 Å². The molecule has 0 atom stereocenters. The monoisotopic (exact) mass is 855 g/mol. The molecular weight excluding hydrogens is 809 g/mol. The molecule has 49 heavy (non-hydrogen) atoms. The molecule has 19 heteroatoms. The second-order valence-corrected chi connectivity index (χ2v) is 14.3. The van der Waals surface area contributed by atoms with E-state index in [1.54, 1.807) is 18.2 Å². The van der Waals surface area contributed by atoms with E-state index in [-0.39, 0.29) is 31.4 Å². The fraction of sp³-hybridized carbons (Fsp3) is 0.500. The van der Waals surface area contributed by atoms with Gasteiger partial charge >= 0.3 is 25.5 Å². The van der Waals surface area contributed by atoms with Gasteiger partial charge in [-0.25, -0.2) is 4.79 Å². The zero-order valence-corrected chi connectivity index (χ0v) is 33.9. The maximum atomic E-state index is 11.9. The molecule has 2 aromatic rings. The first-order valence-corrected chi connectivity index (χ1v) is 20.8. The van der Waals surface area contributed by atoms with Crippen molar-refractivity contribution in [1.29, 1.82) is 0 Å². The quantitative estimate of drug-likeness (QED) is 0.0787. The van der Waals surface area contributed by atoms with Crippen LogP contribution < -0.4 is 10.5 Å². The number of nitrogens with two attached hydrogens (primary N) is 1. The minimum Gasteiger partial charge on any atom is -0.447 e. The summed E-state index contributed by atoms with van der Waals surface area (Å²) in [5, 5.41) is 8.71. The zero-order chi connectivity index (χ0) is 38.3. The Morgan fingerprint density at radius 3 is 1.80 bits per heavy atom. The van der Waals surface area contributed by atoms with Crippen molar-refractivity contribution in [3.63, 3.8) is 0 Å². The van der Waals surface area contributed by atoms with Gasteiger partial charge in [-0.05, 0) is 67.9 Å². The summed E-state index contributed by atoms with van der Waals surface area (Å²) in [4.78, 5) is 23.0. The summed E-state index contributed by atoms with van der Waals surface area (Å²) in [6.45, 7) is 14.6. The number of hydrogen-bond donors (Lipinski definition) is 3. The summed E-state index contributed by atoms with van der Waals surface area (Å²) in [6, 6.07) is 15.0. The van der Waals surface area contributed by atoms with Gasteiger partial charge in [-0.2, -0.15) is 25.5 Å². The number of nitrogen functional groups attached to an aromatic ring is 1. The predicted octanol–water partition coefficient (Wildman–Crippen LogP) is 6.07. The topological polar surface area (TPSA) is 189 Å². The predicted molar refractivity (Wildman–Crippen MR) is 207 cm³/mol. The molecule has 4 N–H and O–H groups in total. The Labute approximate surface area is 315 Å². The first kappa shape index (κ1) is 51.2. The molecular formula is C30H49BrCl3N5O8S2. The molecule has 0 aliphatic carbocycles. The summed E-state index contributed by atoms with van der Waals surface area (Å²) in [5.74, 6) is 0. The molecule has 0 aromatic heterocycles. The van der Waals surface area contributed by atoms with Gasteiger partial charge in [-0.3, -0.25) is 9.52 Å². The van der Waals surface area contributed by atoms with Crippen molar-refractivity contribution < 1.29 is 36.3 Å². The van der Waals surface area contributed by atoms with Crippen molar-refractivity contribution >= 4 is 99.2 Å². The molecule has 0 bridgehead atoms. The molecule has 0 saturated carbocycles. The van der Waals surface area contributed by atoms with Gasteiger partial charge < -0.3 is 20.5 Å². The van der Waals surface area contributed by atoms with E-state index in [0.29, 0.717) is 21.5 Å². The maximum absolute atomic E-state index is 11.9. The van der Waals surface area contributed by atoms with Crippen LogP contribution in [0.25, 0.3) is 0 Å². The summed E-state index contributed by atoms with van der Waals surface area (Å²) in [6.07, 6.45) is 1.81. The lowest BCUT2D eigenvalue weighted by Crippen LogP contribution is -2.36. The van der Waals surface area contributed by atoms with Crippen molar-refractivity contribution in [2.24, 2.45) is 4.40 Å². The van der Waals surface area contributed by atoms with E-state index in [1.807, 2.05) is 31.2 Å². The Bertz CT molecular complexity index is 1400. The standard InChI is InChI=1S/C11H14N2O4S.C8H11N.C6H15N.C2H5BrO.C2H2ClNO3S.CH2Cl2/c1-2-9-4-3-5-10(8-9)12-18(15,16)13-6-7-17-11(13)14;1-2-7-4-3-5-8(9)6-7;1-4-7(5-2)6-3;3-1-2-4;3-8(6,7)4-1-2-5;2-1-3/h3-5,8,12H,2,6-7H2,1H3;3-6H,2,9H2,1H3;4-6H2,1-3H3;4H,1-2H2;1-2H;1H2. The fourth-order valence-corrected chi connectivity index (χ4v) is 4.67. The van der Waals surface area contributed by atoms with Gasteiger partial charge in [0.2, 0.25) is 0 Å². The third kappa shape index (κ3) is 29.3. The Morgan fingerprint density at radius 1 is 1.00 bits per heavy atom. The molecule has 1 amide bonds. The van der Waals surface area contributed by atoms with Crippen LogP contribution >= 0.6 is 49.8 Å². The number of cyclic esters (lactones) is 1. The number of aliphatic hydroxyl groups excluding tert-OH is 1. The van der Waals surface area contributed by atoms with Crippen LogP contribution in [0.4, 0.5) is 16.2 Å². The smallest absolute Gasteiger partial charge is 0.425 e. The van der Waals surface area contributed by atoms with Gasteiger partial charge in [0.15, 0.2) is 6.29 Å². The highest BCUT2D eigenvalue weighted by molar-refractivity contribution is 9.09. The first-order valence-electron chi connectivity index (χ1n) is 14.9. The Morgan fingerprint density at radius 2 is 1.49 bits per heavy atom. The minimum absolute atomic E-state index is 0.0433. The van der Waals surface area contributed by atoms with Crippen LogP contribution in [0, 0.1) is 0 Å². The largest absolute Gasteiger partial charge is 0.447 e. The fourth-order valence-electron chi connectivity index (χ4n) is 3.24. The van der Waals surface area contributed by atoms with Crippen LogP contribution in [-0.2, 0) is 41.8 Å². The lowest BCUT2D eigenvalue weighted by Gasteiger charge is -2.15. The third-order valence-electron chi connectivity index (χ3n) is 5.63. The number of carbonyl (C=O) groups is 2. The first-order chi connectivity index (χ1) is 23.1. The molecule has 0 radical (unpaired) electrons. The summed E-state index contributed by atoms with van der Waals surface area (Å²) in [7, 11) is -3.23. The van der Waals surface area contributed by atoms with E-state index in [4.69, 9.17) is 34.0 Å². The number of nitrogens with one attached hydrogen (secondary N) is 1.